The second-order valence-corrected chi connectivity index (χ2v) is 2.28. The maximum atomic E-state index is 4.54. The van der Waals surface area contributed by atoms with Crippen LogP contribution in [0.25, 0.3) is 5.57 Å². The monoisotopic (exact) mass is 210 g/mol. The van der Waals surface area contributed by atoms with Crippen molar-refractivity contribution < 1.29 is 4.63 Å². The lowest BCUT2D eigenvalue weighted by Gasteiger charge is -1.90. The standard InChI is InChI=1S/C8H10N2O.2C2H6/c1-4-5-6(2)8-7(3)9-11-10-8;2*1-2/h4-5H,1H2,2-3H3;2*1-2H3/b6-5-;;. The molecule has 0 saturated carbocycles. The Labute approximate surface area is 92.8 Å². The normalized spacial score (nSPS) is 9.33. The van der Waals surface area contributed by atoms with Gasteiger partial charge < -0.3 is 0 Å². The van der Waals surface area contributed by atoms with Crippen molar-refractivity contribution in [3.8, 4) is 0 Å². The summed E-state index contributed by atoms with van der Waals surface area (Å²) in [7, 11) is 0. The summed E-state index contributed by atoms with van der Waals surface area (Å²) >= 11 is 0. The summed E-state index contributed by atoms with van der Waals surface area (Å²) in [5, 5.41) is 7.39. The molecule has 0 unspecified atom stereocenters. The number of allylic oxidation sites excluding steroid dienone is 3. The lowest BCUT2D eigenvalue weighted by molar-refractivity contribution is 0.303. The van der Waals surface area contributed by atoms with Crippen molar-refractivity contribution in [1.82, 2.24) is 10.3 Å². The van der Waals surface area contributed by atoms with Gasteiger partial charge in [0.1, 0.15) is 11.4 Å². The zero-order valence-electron chi connectivity index (χ0n) is 10.7. The highest BCUT2D eigenvalue weighted by Crippen LogP contribution is 2.13. The Balaban J connectivity index is 0. The summed E-state index contributed by atoms with van der Waals surface area (Å²) in [4.78, 5) is 0. The van der Waals surface area contributed by atoms with E-state index in [9.17, 15) is 0 Å². The number of hydrogen-bond donors (Lipinski definition) is 0. The van der Waals surface area contributed by atoms with Crippen LogP contribution < -0.4 is 0 Å². The van der Waals surface area contributed by atoms with Crippen LogP contribution in [-0.2, 0) is 0 Å². The van der Waals surface area contributed by atoms with Crippen LogP contribution in [0, 0.1) is 6.92 Å². The minimum absolute atomic E-state index is 0.796. The van der Waals surface area contributed by atoms with E-state index in [0.29, 0.717) is 0 Å². The summed E-state index contributed by atoms with van der Waals surface area (Å²) in [5.41, 5.74) is 2.62. The van der Waals surface area contributed by atoms with E-state index in [1.165, 1.54) is 0 Å². The molecule has 0 atom stereocenters. The van der Waals surface area contributed by atoms with Crippen LogP contribution in [0.4, 0.5) is 0 Å². The molecule has 15 heavy (non-hydrogen) atoms. The van der Waals surface area contributed by atoms with Crippen LogP contribution in [0.15, 0.2) is 23.4 Å². The lowest BCUT2D eigenvalue weighted by atomic mass is 10.2. The molecular weight excluding hydrogens is 188 g/mol. The number of aromatic nitrogens is 2. The fourth-order valence-electron chi connectivity index (χ4n) is 0.845. The van der Waals surface area contributed by atoms with Crippen molar-refractivity contribution in [1.29, 1.82) is 0 Å². The van der Waals surface area contributed by atoms with Gasteiger partial charge in [-0.3, -0.25) is 0 Å². The van der Waals surface area contributed by atoms with Gasteiger partial charge in [-0.2, -0.15) is 0 Å². The molecule has 0 spiro atoms. The molecule has 3 nitrogen and oxygen atoms in total. The molecule has 0 bridgehead atoms. The number of aryl methyl sites for hydroxylation is 1. The molecule has 0 aromatic carbocycles. The average Bonchev–Trinajstić information content (AvgIpc) is 2.71. The Kier molecular flexibility index (Phi) is 11.5. The Bertz CT molecular complexity index is 288. The van der Waals surface area contributed by atoms with E-state index in [-0.39, 0.29) is 0 Å². The third-order valence-corrected chi connectivity index (χ3v) is 1.39. The molecule has 1 heterocycles. The average molecular weight is 210 g/mol. The van der Waals surface area contributed by atoms with Crippen molar-refractivity contribution in [2.45, 2.75) is 41.5 Å². The maximum Gasteiger partial charge on any atom is 0.133 e. The maximum absolute atomic E-state index is 4.54. The second kappa shape index (κ2) is 10.7. The van der Waals surface area contributed by atoms with Crippen LogP contribution in [0.1, 0.15) is 46.0 Å². The Morgan fingerprint density at radius 3 is 2.07 bits per heavy atom. The molecule has 1 aromatic rings. The highest BCUT2D eigenvalue weighted by atomic mass is 16.6. The van der Waals surface area contributed by atoms with Gasteiger partial charge >= 0.3 is 0 Å². The van der Waals surface area contributed by atoms with Crippen LogP contribution in [0.3, 0.4) is 0 Å². The van der Waals surface area contributed by atoms with Gasteiger partial charge in [0, 0.05) is 0 Å². The topological polar surface area (TPSA) is 38.9 Å². The van der Waals surface area contributed by atoms with Gasteiger partial charge in [0.25, 0.3) is 0 Å². The van der Waals surface area contributed by atoms with Gasteiger partial charge in [-0.1, -0.05) is 51.6 Å². The van der Waals surface area contributed by atoms with E-state index in [1.54, 1.807) is 6.08 Å². The number of hydrogen-bond acceptors (Lipinski definition) is 3. The molecule has 3 heteroatoms. The summed E-state index contributed by atoms with van der Waals surface area (Å²) in [5.74, 6) is 0. The molecule has 1 aromatic heterocycles. The van der Waals surface area contributed by atoms with Gasteiger partial charge in [0.15, 0.2) is 0 Å². The van der Waals surface area contributed by atoms with Crippen LogP contribution in [-0.4, -0.2) is 10.3 Å². The van der Waals surface area contributed by atoms with Gasteiger partial charge in [0.05, 0.1) is 0 Å². The van der Waals surface area contributed by atoms with Crippen molar-refractivity contribution in [2.24, 2.45) is 0 Å². The van der Waals surface area contributed by atoms with Crippen molar-refractivity contribution in [2.75, 3.05) is 0 Å². The summed E-state index contributed by atoms with van der Waals surface area (Å²) in [6.45, 7) is 15.4. The predicted octanol–water partition coefficient (Wildman–Crippen LogP) is 4.02. The second-order valence-electron chi connectivity index (χ2n) is 2.28. The van der Waals surface area contributed by atoms with Gasteiger partial charge in [0.2, 0.25) is 0 Å². The summed E-state index contributed by atoms with van der Waals surface area (Å²) in [6, 6.07) is 0. The van der Waals surface area contributed by atoms with Gasteiger partial charge in [-0.25, -0.2) is 4.63 Å². The molecule has 0 amide bonds. The minimum atomic E-state index is 0.796. The SMILES string of the molecule is C=C/C=C(/C)c1nonc1C.CC.CC. The first-order valence-corrected chi connectivity index (χ1v) is 5.34. The quantitative estimate of drug-likeness (QED) is 0.692. The Morgan fingerprint density at radius 1 is 1.20 bits per heavy atom. The van der Waals surface area contributed by atoms with E-state index in [0.717, 1.165) is 17.0 Å². The molecule has 0 radical (unpaired) electrons. The molecule has 0 saturated heterocycles. The third-order valence-electron chi connectivity index (χ3n) is 1.39. The van der Waals surface area contributed by atoms with Crippen molar-refractivity contribution in [3.63, 3.8) is 0 Å². The molecule has 1 rings (SSSR count). The molecule has 0 aliphatic carbocycles. The molecule has 0 N–H and O–H groups in total. The number of rotatable bonds is 2. The minimum Gasteiger partial charge on any atom is -0.244 e. The van der Waals surface area contributed by atoms with Crippen molar-refractivity contribution >= 4 is 5.57 Å². The molecule has 86 valence electrons. The fraction of sp³-hybridized carbons (Fsp3) is 0.500. The predicted molar refractivity (Wildman–Crippen MR) is 65.6 cm³/mol. The van der Waals surface area contributed by atoms with E-state index in [1.807, 2.05) is 47.6 Å². The Hall–Kier alpha value is -1.38. The molecule has 0 aliphatic rings. The first-order chi connectivity index (χ1) is 7.25. The number of nitrogens with zero attached hydrogens (tertiary/aromatic N) is 2. The first kappa shape index (κ1) is 16.1. The van der Waals surface area contributed by atoms with Crippen LogP contribution in [0.5, 0.6) is 0 Å². The van der Waals surface area contributed by atoms with Gasteiger partial charge in [-0.15, -0.1) is 0 Å². The van der Waals surface area contributed by atoms with E-state index >= 15 is 0 Å². The zero-order chi connectivity index (χ0) is 12.3. The van der Waals surface area contributed by atoms with Gasteiger partial charge in [-0.05, 0) is 24.6 Å². The van der Waals surface area contributed by atoms with E-state index in [4.69, 9.17) is 0 Å². The third kappa shape index (κ3) is 5.83. The van der Waals surface area contributed by atoms with E-state index in [2.05, 4.69) is 21.5 Å². The molecular formula is C12H22N2O. The fourth-order valence-corrected chi connectivity index (χ4v) is 0.845. The van der Waals surface area contributed by atoms with Crippen LogP contribution in [0.2, 0.25) is 0 Å². The zero-order valence-corrected chi connectivity index (χ0v) is 10.7. The molecule has 0 fully saturated rings. The summed E-state index contributed by atoms with van der Waals surface area (Å²) < 4.78 is 4.54. The smallest absolute Gasteiger partial charge is 0.133 e. The van der Waals surface area contributed by atoms with E-state index < -0.39 is 0 Å². The Morgan fingerprint density at radius 2 is 1.73 bits per heavy atom. The lowest BCUT2D eigenvalue weighted by Crippen LogP contribution is -1.82. The molecule has 0 aliphatic heterocycles. The highest BCUT2D eigenvalue weighted by Gasteiger charge is 2.04. The largest absolute Gasteiger partial charge is 0.244 e. The summed E-state index contributed by atoms with van der Waals surface area (Å²) in [6.07, 6.45) is 3.58. The van der Waals surface area contributed by atoms with Crippen LogP contribution >= 0.6 is 0 Å². The van der Waals surface area contributed by atoms with Crippen molar-refractivity contribution in [3.05, 3.63) is 30.1 Å². The highest BCUT2D eigenvalue weighted by molar-refractivity contribution is 5.62. The first-order valence-electron chi connectivity index (χ1n) is 5.34.